The molecular weight excluding hydrogens is 271 g/mol. The van der Waals surface area contributed by atoms with Gasteiger partial charge in [-0.25, -0.2) is 14.4 Å². The molecule has 5 nitrogen and oxygen atoms in total. The van der Waals surface area contributed by atoms with Crippen LogP contribution in [0.25, 0.3) is 0 Å². The zero-order valence-corrected chi connectivity index (χ0v) is 12.0. The number of nitrogens with zero attached hydrogens (tertiary/aromatic N) is 3. The Kier molecular flexibility index (Phi) is 4.81. The molecule has 0 atom stereocenters. The Bertz CT molecular complexity index is 611. The highest BCUT2D eigenvalue weighted by atomic mass is 19.1. The molecule has 1 N–H and O–H groups in total. The van der Waals surface area contributed by atoms with Gasteiger partial charge in [0.15, 0.2) is 0 Å². The molecule has 0 aliphatic heterocycles. The lowest BCUT2D eigenvalue weighted by Gasteiger charge is -2.18. The topological polar surface area (TPSA) is 58.1 Å². The summed E-state index contributed by atoms with van der Waals surface area (Å²) < 4.78 is 12.9. The monoisotopic (exact) mass is 288 g/mol. The predicted molar refractivity (Wildman–Crippen MR) is 79.0 cm³/mol. The van der Waals surface area contributed by atoms with Crippen molar-refractivity contribution in [2.45, 2.75) is 13.8 Å². The van der Waals surface area contributed by atoms with Crippen LogP contribution in [0.4, 0.5) is 16.0 Å². The highest BCUT2D eigenvalue weighted by Crippen LogP contribution is 2.13. The van der Waals surface area contributed by atoms with E-state index in [0.717, 1.165) is 0 Å². The maximum absolute atomic E-state index is 12.9. The lowest BCUT2D eigenvalue weighted by molar-refractivity contribution is 0.0767. The molecule has 0 unspecified atom stereocenters. The standard InChI is InChI=1S/C15H17FN4O/c1-3-20(4-2)14(21)13-9-10-17-15(19-13)18-12-7-5-11(16)6-8-12/h5-10H,3-4H2,1-2H3,(H,17,18,19). The molecule has 1 amide bonds. The molecule has 0 aliphatic rings. The van der Waals surface area contributed by atoms with Crippen LogP contribution in [-0.2, 0) is 0 Å². The highest BCUT2D eigenvalue weighted by Gasteiger charge is 2.14. The van der Waals surface area contributed by atoms with Crippen LogP contribution in [0.1, 0.15) is 24.3 Å². The van der Waals surface area contributed by atoms with Crippen molar-refractivity contribution in [3.8, 4) is 0 Å². The molecule has 0 saturated heterocycles. The van der Waals surface area contributed by atoms with Gasteiger partial charge in [-0.3, -0.25) is 4.79 Å². The minimum atomic E-state index is -0.313. The Balaban J connectivity index is 2.17. The normalized spacial score (nSPS) is 10.2. The van der Waals surface area contributed by atoms with E-state index in [4.69, 9.17) is 0 Å². The van der Waals surface area contributed by atoms with Crippen molar-refractivity contribution >= 4 is 17.5 Å². The first-order valence-corrected chi connectivity index (χ1v) is 6.79. The molecule has 0 spiro atoms. The molecule has 2 rings (SSSR count). The summed E-state index contributed by atoms with van der Waals surface area (Å²) in [6.45, 7) is 5.08. The molecule has 0 aliphatic carbocycles. The van der Waals surface area contributed by atoms with Crippen LogP contribution in [0.2, 0.25) is 0 Å². The van der Waals surface area contributed by atoms with Gasteiger partial charge in [0.2, 0.25) is 5.95 Å². The van der Waals surface area contributed by atoms with E-state index in [9.17, 15) is 9.18 Å². The fourth-order valence-corrected chi connectivity index (χ4v) is 1.87. The second kappa shape index (κ2) is 6.78. The van der Waals surface area contributed by atoms with E-state index in [1.165, 1.54) is 18.3 Å². The minimum Gasteiger partial charge on any atom is -0.338 e. The maximum atomic E-state index is 12.9. The third-order valence-corrected chi connectivity index (χ3v) is 3.03. The lowest BCUT2D eigenvalue weighted by Crippen LogP contribution is -2.31. The molecule has 1 heterocycles. The summed E-state index contributed by atoms with van der Waals surface area (Å²) in [5, 5.41) is 2.94. The van der Waals surface area contributed by atoms with Gasteiger partial charge in [0.05, 0.1) is 0 Å². The van der Waals surface area contributed by atoms with Gasteiger partial charge in [-0.15, -0.1) is 0 Å². The van der Waals surface area contributed by atoms with Gasteiger partial charge in [-0.2, -0.15) is 0 Å². The van der Waals surface area contributed by atoms with E-state index >= 15 is 0 Å². The van der Waals surface area contributed by atoms with Crippen LogP contribution in [0.15, 0.2) is 36.5 Å². The second-order valence-electron chi connectivity index (χ2n) is 4.37. The average Bonchev–Trinajstić information content (AvgIpc) is 2.51. The molecule has 21 heavy (non-hydrogen) atoms. The molecule has 0 bridgehead atoms. The fraction of sp³-hybridized carbons (Fsp3) is 0.267. The van der Waals surface area contributed by atoms with Crippen molar-refractivity contribution in [3.05, 3.63) is 48.0 Å². The molecule has 1 aromatic heterocycles. The van der Waals surface area contributed by atoms with E-state index in [2.05, 4.69) is 15.3 Å². The minimum absolute atomic E-state index is 0.135. The van der Waals surface area contributed by atoms with Crippen molar-refractivity contribution in [2.24, 2.45) is 0 Å². The average molecular weight is 288 g/mol. The number of rotatable bonds is 5. The number of carbonyl (C=O) groups excluding carboxylic acids is 1. The Hall–Kier alpha value is -2.50. The molecule has 0 saturated carbocycles. The zero-order chi connectivity index (χ0) is 15.2. The summed E-state index contributed by atoms with van der Waals surface area (Å²) in [6, 6.07) is 7.42. The van der Waals surface area contributed by atoms with Crippen molar-refractivity contribution in [1.29, 1.82) is 0 Å². The molecule has 110 valence electrons. The summed E-state index contributed by atoms with van der Waals surface area (Å²) in [7, 11) is 0. The van der Waals surface area contributed by atoms with Crippen molar-refractivity contribution < 1.29 is 9.18 Å². The number of nitrogens with one attached hydrogen (secondary N) is 1. The van der Waals surface area contributed by atoms with E-state index in [1.54, 1.807) is 23.1 Å². The van der Waals surface area contributed by atoms with Crippen LogP contribution in [0.3, 0.4) is 0 Å². The van der Waals surface area contributed by atoms with E-state index < -0.39 is 0 Å². The molecule has 6 heteroatoms. The highest BCUT2D eigenvalue weighted by molar-refractivity contribution is 5.92. The number of carbonyl (C=O) groups is 1. The van der Waals surface area contributed by atoms with E-state index in [-0.39, 0.29) is 11.7 Å². The fourth-order valence-electron chi connectivity index (χ4n) is 1.87. The Morgan fingerprint density at radius 3 is 2.48 bits per heavy atom. The summed E-state index contributed by atoms with van der Waals surface area (Å²) >= 11 is 0. The first-order valence-electron chi connectivity index (χ1n) is 6.79. The Morgan fingerprint density at radius 2 is 1.86 bits per heavy atom. The number of hydrogen-bond acceptors (Lipinski definition) is 4. The quantitative estimate of drug-likeness (QED) is 0.919. The third-order valence-electron chi connectivity index (χ3n) is 3.03. The molecule has 0 radical (unpaired) electrons. The van der Waals surface area contributed by atoms with Gasteiger partial charge in [0.25, 0.3) is 5.91 Å². The third kappa shape index (κ3) is 3.75. The smallest absolute Gasteiger partial charge is 0.272 e. The van der Waals surface area contributed by atoms with Gasteiger partial charge in [0, 0.05) is 25.0 Å². The summed E-state index contributed by atoms with van der Waals surface area (Å²) in [4.78, 5) is 22.2. The van der Waals surface area contributed by atoms with E-state index in [1.807, 2.05) is 13.8 Å². The maximum Gasteiger partial charge on any atom is 0.272 e. The largest absolute Gasteiger partial charge is 0.338 e. The SMILES string of the molecule is CCN(CC)C(=O)c1ccnc(Nc2ccc(F)cc2)n1. The Labute approximate surface area is 122 Å². The zero-order valence-electron chi connectivity index (χ0n) is 12.0. The second-order valence-corrected chi connectivity index (χ2v) is 4.37. The van der Waals surface area contributed by atoms with Gasteiger partial charge < -0.3 is 10.2 Å². The summed E-state index contributed by atoms with van der Waals surface area (Å²) in [5.74, 6) is -0.142. The summed E-state index contributed by atoms with van der Waals surface area (Å²) in [5.41, 5.74) is 0.988. The number of hydrogen-bond donors (Lipinski definition) is 1. The number of aromatic nitrogens is 2. The number of anilines is 2. The van der Waals surface area contributed by atoms with E-state index in [0.29, 0.717) is 30.4 Å². The van der Waals surface area contributed by atoms with Crippen LogP contribution in [0, 0.1) is 5.82 Å². The van der Waals surface area contributed by atoms with Gasteiger partial charge in [0.1, 0.15) is 11.5 Å². The Morgan fingerprint density at radius 1 is 1.19 bits per heavy atom. The number of amides is 1. The number of benzene rings is 1. The first-order chi connectivity index (χ1) is 10.1. The summed E-state index contributed by atoms with van der Waals surface area (Å²) in [6.07, 6.45) is 1.52. The molecule has 2 aromatic rings. The van der Waals surface area contributed by atoms with Crippen molar-refractivity contribution in [1.82, 2.24) is 14.9 Å². The molecular formula is C15H17FN4O. The predicted octanol–water partition coefficient (Wildman–Crippen LogP) is 2.84. The number of halogens is 1. The lowest BCUT2D eigenvalue weighted by atomic mass is 10.3. The van der Waals surface area contributed by atoms with Crippen LogP contribution in [-0.4, -0.2) is 33.9 Å². The first kappa shape index (κ1) is 14.9. The van der Waals surface area contributed by atoms with Crippen molar-refractivity contribution in [2.75, 3.05) is 18.4 Å². The van der Waals surface area contributed by atoms with Gasteiger partial charge >= 0.3 is 0 Å². The van der Waals surface area contributed by atoms with Crippen LogP contribution < -0.4 is 5.32 Å². The van der Waals surface area contributed by atoms with Crippen molar-refractivity contribution in [3.63, 3.8) is 0 Å². The molecule has 0 fully saturated rings. The van der Waals surface area contributed by atoms with Crippen LogP contribution >= 0.6 is 0 Å². The van der Waals surface area contributed by atoms with Crippen LogP contribution in [0.5, 0.6) is 0 Å². The van der Waals surface area contributed by atoms with Gasteiger partial charge in [-0.1, -0.05) is 0 Å². The van der Waals surface area contributed by atoms with Gasteiger partial charge in [-0.05, 0) is 44.2 Å². The molecule has 1 aromatic carbocycles.